The van der Waals surface area contributed by atoms with Gasteiger partial charge in [-0.1, -0.05) is 54.6 Å². The lowest BCUT2D eigenvalue weighted by Gasteiger charge is -2.31. The number of benzene rings is 3. The van der Waals surface area contributed by atoms with Gasteiger partial charge in [-0.05, 0) is 124 Å². The molecule has 0 aliphatic carbocycles. The molecule has 9 aromatic rings. The number of nitrogen functional groups attached to an aromatic ring is 1. The van der Waals surface area contributed by atoms with Crippen molar-refractivity contribution in [2.45, 2.75) is 196 Å². The number of aliphatic hydroxyl groups is 3. The van der Waals surface area contributed by atoms with Gasteiger partial charge in [-0.2, -0.15) is 30.2 Å². The molecule has 9 heterocycles. The average Bonchev–Trinajstić information content (AvgIpc) is 1.59. The van der Waals surface area contributed by atoms with E-state index in [1.54, 1.807) is 56.3 Å². The van der Waals surface area contributed by atoms with Gasteiger partial charge in [-0.15, -0.1) is 0 Å². The molecule has 3 saturated heterocycles. The minimum Gasteiger partial charge on any atom is -0.462 e. The van der Waals surface area contributed by atoms with E-state index in [0.29, 0.717) is 0 Å². The molecule has 12 rings (SSSR count). The molecule has 42 nitrogen and oxygen atoms in total. The first kappa shape index (κ1) is 90.2. The van der Waals surface area contributed by atoms with Crippen molar-refractivity contribution in [2.75, 3.05) is 36.4 Å². The maximum Gasteiger partial charge on any atom is 0.459 e. The van der Waals surface area contributed by atoms with Crippen LogP contribution < -0.4 is 79.1 Å². The molecule has 6 unspecified atom stereocenters. The fourth-order valence-electron chi connectivity index (χ4n) is 13.9. The molecule has 3 aliphatic heterocycles. The number of carbonyl (C=O) groups excluding carboxylic acids is 3. The Bertz CT molecular complexity index is 5550. The molecule has 0 radical (unpaired) electrons. The topological polar surface area (TPSA) is 590 Å². The largest absolute Gasteiger partial charge is 0.462 e. The number of anilines is 3. The number of halogens is 3. The van der Waals surface area contributed by atoms with Gasteiger partial charge in [0.2, 0.25) is 17.8 Å². The molecule has 3 fully saturated rings. The normalized spacial score (nSPS) is 26.5. The SMILES string of the molecule is CC(C)OC(=O)[C@H](C)NP(=O)(Oc1ccccc1)O[C@H](C)[C@H]1O[C@@H](n2ccc3c(=O)[nH]c(NC(C)OC(=O)[C@H](C)N[P@@](=O)(Oc4ccccc4)O[C@H](C)[C@H]4O[C@@H](n5ccc6c(=O)[nH]c(NC(C)OC(=O)[C@H](C)N[P@](=O)(Oc7ccccc7)O[C@H](C)[C@H]7O[C@@H](n8ccc9c(=O)[nH]c(N)nc98)[C@@](N)(CF)C7O)nc65)[C@@](N)(CF)C4O)nc32)[C@@](N)(CF)C1O. The van der Waals surface area contributed by atoms with Gasteiger partial charge in [0.25, 0.3) is 16.7 Å². The Labute approximate surface area is 686 Å². The van der Waals surface area contributed by atoms with Crippen LogP contribution in [-0.4, -0.2) is 205 Å². The van der Waals surface area contributed by atoms with Gasteiger partial charge >= 0.3 is 41.1 Å². The number of aromatic amines is 3. The van der Waals surface area contributed by atoms with E-state index in [4.69, 9.17) is 78.5 Å². The minimum atomic E-state index is -4.93. The number of ether oxygens (including phenoxy) is 6. The van der Waals surface area contributed by atoms with Crippen LogP contribution in [0.15, 0.2) is 142 Å². The lowest BCUT2D eigenvalue weighted by molar-refractivity contribution is -0.149. The molecule has 0 amide bonds. The number of esters is 3. The van der Waals surface area contributed by atoms with Crippen LogP contribution in [0.5, 0.6) is 17.2 Å². The lowest BCUT2D eigenvalue weighted by atomic mass is 9.91. The van der Waals surface area contributed by atoms with Crippen LogP contribution in [0.1, 0.15) is 87.9 Å². The van der Waals surface area contributed by atoms with Crippen molar-refractivity contribution in [1.29, 1.82) is 0 Å². The fraction of sp³-hybridized carbons (Fsp3) is 0.466. The van der Waals surface area contributed by atoms with Crippen LogP contribution in [0.3, 0.4) is 0 Å². The second kappa shape index (κ2) is 36.2. The maximum absolute atomic E-state index is 15.7. The van der Waals surface area contributed by atoms with E-state index in [1.807, 2.05) is 0 Å². The maximum atomic E-state index is 15.7. The zero-order chi connectivity index (χ0) is 87.8. The summed E-state index contributed by atoms with van der Waals surface area (Å²) in [6.45, 7) is 9.28. The van der Waals surface area contributed by atoms with Gasteiger partial charge in [0.05, 0.1) is 40.6 Å². The molecule has 48 heteroatoms. The number of rotatable bonds is 37. The molecule has 23 atom stereocenters. The Hall–Kier alpha value is -9.99. The predicted molar refractivity (Wildman–Crippen MR) is 427 cm³/mol. The van der Waals surface area contributed by atoms with Gasteiger partial charge in [0, 0.05) is 18.6 Å². The van der Waals surface area contributed by atoms with E-state index < -0.39 is 205 Å². The Kier molecular flexibility index (Phi) is 27.0. The summed E-state index contributed by atoms with van der Waals surface area (Å²) in [5, 5.41) is 48.2. The van der Waals surface area contributed by atoms with Gasteiger partial charge in [0.1, 0.15) is 109 Å². The molecule has 0 saturated carbocycles. The van der Waals surface area contributed by atoms with E-state index in [1.165, 1.54) is 150 Å². The number of nitrogens with zero attached hydrogens (tertiary/aromatic N) is 6. The highest BCUT2D eigenvalue weighted by Gasteiger charge is 2.61. The van der Waals surface area contributed by atoms with Gasteiger partial charge in [-0.3, -0.25) is 57.3 Å². The number of fused-ring (bicyclic) bond motifs is 3. The minimum absolute atomic E-state index is 0.0230. The van der Waals surface area contributed by atoms with Crippen molar-refractivity contribution < 1.29 is 112 Å². The number of aromatic nitrogens is 9. The van der Waals surface area contributed by atoms with Gasteiger partial charge in [0.15, 0.2) is 48.1 Å². The number of hydrogen-bond acceptors (Lipinski definition) is 33. The Morgan fingerprint density at radius 3 is 1.03 bits per heavy atom. The number of carbonyl (C=O) groups is 3. The van der Waals surface area contributed by atoms with E-state index in [9.17, 15) is 53.2 Å². The summed E-state index contributed by atoms with van der Waals surface area (Å²) in [5.41, 5.74) is 16.0. The van der Waals surface area contributed by atoms with E-state index in [0.717, 1.165) is 4.57 Å². The van der Waals surface area contributed by atoms with Crippen molar-refractivity contribution in [3.63, 3.8) is 0 Å². The van der Waals surface area contributed by atoms with Crippen LogP contribution in [0, 0.1) is 0 Å². The molecular formula is C73H94F3N18O24P3. The number of alkyl halides is 3. The van der Waals surface area contributed by atoms with Crippen LogP contribution in [-0.2, 0) is 70.1 Å². The fourth-order valence-corrected chi connectivity index (χ4v) is 19.0. The summed E-state index contributed by atoms with van der Waals surface area (Å²) >= 11 is 0. The second-order valence-corrected chi connectivity index (χ2v) is 34.7. The standard InChI is InChI=1S/C73H94F3N18O24P3/c1-35(2)107-62(101)36(3)89-119(104,116-44-20-14-11-15-21-44)113-40(7)51-54(96)72(79,33-75)66(111-51)93-30-27-48-57(93)84-69(87-60(48)99)82-43(10)109-64(103)38(5)91-121(106,118-46-24-18-13-19-25-46)115-41(8)52-55(97)73(80,34-76)67(112-52)94-31-28-49-58(94)85-70(88-61(49)100)81-42(9)108-63(102)37(4)90-120(105,117-45-22-16-12-17-23-45)114-39(6)50-53(95)71(78,32-74)65(110-50)92-29-26-47-56(92)83-68(77)86-59(47)98/h11-31,35-43,50-55,65-67,95-97H,32-34,78-80H2,1-10H3,(H,89,104)(H,90,105)(H,91,106)(H3,77,83,86,98)(H2,81,85,88,100)(H2,82,84,87,99)/t36-,37-,38-,39+,40+,41+,42?,43?,50+,51+,52+,53?,54?,55?,65+,66+,67+,71+,72+,73+,119?,120+,121-/m0/s1. The highest BCUT2D eigenvalue weighted by molar-refractivity contribution is 7.52. The highest BCUT2D eigenvalue weighted by Crippen LogP contribution is 2.53. The number of hydrogen-bond donors (Lipinski definition) is 15. The second-order valence-electron chi connectivity index (χ2n) is 29.7. The van der Waals surface area contributed by atoms with Gasteiger partial charge < -0.3 is 105 Å². The number of nitrogens with two attached hydrogens (primary N) is 4. The Morgan fingerprint density at radius 2 is 0.744 bits per heavy atom. The van der Waals surface area contributed by atoms with Crippen molar-refractivity contribution in [3.8, 4) is 17.2 Å². The van der Waals surface area contributed by atoms with Crippen LogP contribution in [0.25, 0.3) is 33.1 Å². The molecule has 6 aromatic heterocycles. The predicted octanol–water partition coefficient (Wildman–Crippen LogP) is 4.82. The first-order chi connectivity index (χ1) is 57.1. The van der Waals surface area contributed by atoms with E-state index in [2.05, 4.69) is 55.8 Å². The summed E-state index contributed by atoms with van der Waals surface area (Å²) in [7, 11) is -14.4. The molecule has 0 spiro atoms. The van der Waals surface area contributed by atoms with Crippen LogP contribution >= 0.6 is 23.2 Å². The summed E-state index contributed by atoms with van der Waals surface area (Å²) in [6, 6.07) is 22.3. The van der Waals surface area contributed by atoms with Crippen molar-refractivity contribution >= 4 is 92.1 Å². The molecular weight excluding hydrogens is 1660 g/mol. The Balaban J connectivity index is 0.699. The molecule has 656 valence electrons. The molecule has 19 N–H and O–H groups in total. The summed E-state index contributed by atoms with van der Waals surface area (Å²) in [5.74, 6) is -4.05. The third-order valence-corrected chi connectivity index (χ3v) is 25.3. The Morgan fingerprint density at radius 1 is 0.463 bits per heavy atom. The number of nitrogens with one attached hydrogen (secondary N) is 8. The first-order valence-electron chi connectivity index (χ1n) is 37.9. The third kappa shape index (κ3) is 19.1. The lowest BCUT2D eigenvalue weighted by Crippen LogP contribution is -2.57. The summed E-state index contributed by atoms with van der Waals surface area (Å²) < 4.78 is 165. The van der Waals surface area contributed by atoms with Gasteiger partial charge in [-0.25, -0.2) is 26.9 Å². The van der Waals surface area contributed by atoms with E-state index >= 15 is 17.7 Å². The zero-order valence-electron chi connectivity index (χ0n) is 66.5. The molecule has 121 heavy (non-hydrogen) atoms. The number of aliphatic hydroxyl groups excluding tert-OH is 3. The highest BCUT2D eigenvalue weighted by atomic mass is 31.2. The van der Waals surface area contributed by atoms with Crippen LogP contribution in [0.4, 0.5) is 31.0 Å². The van der Waals surface area contributed by atoms with Crippen molar-refractivity contribution in [1.82, 2.24) is 58.9 Å². The average molecular weight is 1760 g/mol. The molecule has 3 aromatic carbocycles. The quantitative estimate of drug-likeness (QED) is 0.0107. The molecule has 0 bridgehead atoms. The monoisotopic (exact) mass is 1760 g/mol. The van der Waals surface area contributed by atoms with E-state index in [-0.39, 0.29) is 68.2 Å². The first-order valence-corrected chi connectivity index (χ1v) is 42.5. The van der Waals surface area contributed by atoms with Crippen molar-refractivity contribution in [3.05, 3.63) is 159 Å². The van der Waals surface area contributed by atoms with Crippen molar-refractivity contribution in [2.24, 2.45) is 17.2 Å². The summed E-state index contributed by atoms with van der Waals surface area (Å²) in [6.07, 6.45) is -19.6. The smallest absolute Gasteiger partial charge is 0.459 e. The third-order valence-electron chi connectivity index (χ3n) is 20.0. The zero-order valence-corrected chi connectivity index (χ0v) is 69.2. The van der Waals surface area contributed by atoms with Crippen LogP contribution in [0.2, 0.25) is 0 Å². The molecule has 3 aliphatic rings. The number of para-hydroxylation sites is 3. The number of H-pyrrole nitrogens is 3. The summed E-state index contributed by atoms with van der Waals surface area (Å²) in [4.78, 5) is 102.